The Morgan fingerprint density at radius 1 is 0.184 bits per heavy atom. The first-order chi connectivity index (χ1) is 67.4. The third-order valence-corrected chi connectivity index (χ3v) is 29.3. The lowest BCUT2D eigenvalue weighted by Gasteiger charge is -2.32. The van der Waals surface area contributed by atoms with E-state index in [1.54, 1.807) is 0 Å². The number of furan rings is 3. The van der Waals surface area contributed by atoms with Crippen molar-refractivity contribution in [1.29, 1.82) is 0 Å². The molecule has 632 valence electrons. The standard InChI is InChI=1S/C129H78N4O3/c1-2-27-83-77-124-110(73-82(83)26-1)106-43-24-41-104(126(106)135-124)100-37-10-17-48-116(100)130(87-60-56-80(57-61-87)84-59-71-123-109(74-84)103-40-13-22-53-122(103)134-123)89-64-66-90(67-65-89)132-120-52-21-12-39-102(120)108-76-86(58-70-121(108)132)125-93-31-4-3-28-85(93)75-111-107-44-25-42-105(127(107)136-128(111)125)101-38-11-18-49-117(101)131(88-62-54-79(55-63-88)81-29-23-30-91(72-81)133-118-50-19-8-35-98(118)99-36-9-20-51-119(99)133)92-68-69-97-96-34-7-16-47-114(96)129(115(97)78-92)112-45-14-5-32-94(112)95-33-6-15-46-113(95)129/h1-78H. The van der Waals surface area contributed by atoms with Crippen molar-refractivity contribution < 1.29 is 13.3 Å². The third-order valence-electron chi connectivity index (χ3n) is 29.3. The summed E-state index contributed by atoms with van der Waals surface area (Å²) in [5, 5.41) is 15.8. The molecule has 0 N–H and O–H groups in total. The van der Waals surface area contributed by atoms with Crippen molar-refractivity contribution in [1.82, 2.24) is 9.13 Å². The zero-order chi connectivity index (χ0) is 89.0. The van der Waals surface area contributed by atoms with Crippen LogP contribution in [0.3, 0.4) is 0 Å². The average Bonchev–Trinajstić information content (AvgIpc) is 1.50. The number of rotatable bonds is 13. The van der Waals surface area contributed by atoms with Crippen molar-refractivity contribution in [2.75, 3.05) is 9.80 Å². The van der Waals surface area contributed by atoms with Crippen molar-refractivity contribution in [2.24, 2.45) is 0 Å². The number of benzene rings is 22. The Bertz CT molecular complexity index is 9600. The minimum atomic E-state index is -0.570. The van der Waals surface area contributed by atoms with Gasteiger partial charge in [0.05, 0.1) is 38.9 Å². The molecule has 0 amide bonds. The summed E-state index contributed by atoms with van der Waals surface area (Å²) in [6, 6.07) is 174. The fourth-order valence-corrected chi connectivity index (χ4v) is 23.4. The summed E-state index contributed by atoms with van der Waals surface area (Å²) in [5.74, 6) is 0. The summed E-state index contributed by atoms with van der Waals surface area (Å²) in [6.45, 7) is 0. The predicted molar refractivity (Wildman–Crippen MR) is 565 cm³/mol. The molecule has 7 nitrogen and oxygen atoms in total. The van der Waals surface area contributed by atoms with Gasteiger partial charge in [0.15, 0.2) is 0 Å². The zero-order valence-electron chi connectivity index (χ0n) is 73.5. The largest absolute Gasteiger partial charge is 0.456 e. The van der Waals surface area contributed by atoms with E-state index < -0.39 is 5.41 Å². The molecule has 0 saturated heterocycles. The van der Waals surface area contributed by atoms with E-state index in [4.69, 9.17) is 13.3 Å². The van der Waals surface area contributed by atoms with Gasteiger partial charge in [0.2, 0.25) is 0 Å². The molecule has 0 atom stereocenters. The lowest BCUT2D eigenvalue weighted by atomic mass is 9.70. The monoisotopic (exact) mass is 1730 g/mol. The Labute approximate surface area is 782 Å². The van der Waals surface area contributed by atoms with Gasteiger partial charge >= 0.3 is 0 Å². The van der Waals surface area contributed by atoms with Crippen molar-refractivity contribution >= 4 is 165 Å². The molecule has 1 spiro atoms. The molecule has 5 heterocycles. The smallest absolute Gasteiger partial charge is 0.143 e. The summed E-state index contributed by atoms with van der Waals surface area (Å²) < 4.78 is 26.0. The number of anilines is 6. The highest BCUT2D eigenvalue weighted by atomic mass is 16.3. The van der Waals surface area contributed by atoms with Crippen molar-refractivity contribution in [2.45, 2.75) is 5.41 Å². The highest BCUT2D eigenvalue weighted by Crippen LogP contribution is 2.64. The van der Waals surface area contributed by atoms with Gasteiger partial charge in [0, 0.05) is 116 Å². The van der Waals surface area contributed by atoms with Gasteiger partial charge in [0.1, 0.15) is 33.5 Å². The van der Waals surface area contributed by atoms with Gasteiger partial charge in [-0.2, -0.15) is 0 Å². The van der Waals surface area contributed by atoms with E-state index in [0.717, 1.165) is 205 Å². The number of para-hydroxylation sites is 8. The van der Waals surface area contributed by atoms with Gasteiger partial charge in [-0.15, -0.1) is 0 Å². The molecular formula is C129H78N4O3. The van der Waals surface area contributed by atoms with Crippen LogP contribution in [-0.4, -0.2) is 9.13 Å². The maximum Gasteiger partial charge on any atom is 0.143 e. The van der Waals surface area contributed by atoms with Crippen LogP contribution in [0.5, 0.6) is 0 Å². The van der Waals surface area contributed by atoms with Gasteiger partial charge in [-0.05, 0) is 246 Å². The first kappa shape index (κ1) is 75.7. The predicted octanol–water partition coefficient (Wildman–Crippen LogP) is 35.5. The normalized spacial score (nSPS) is 12.6. The highest BCUT2D eigenvalue weighted by molar-refractivity contribution is 6.23. The molecule has 0 unspecified atom stereocenters. The second-order valence-electron chi connectivity index (χ2n) is 36.4. The quantitative estimate of drug-likeness (QED) is 0.115. The van der Waals surface area contributed by atoms with Gasteiger partial charge in [-0.3, -0.25) is 0 Å². The number of nitrogens with zero attached hydrogens (tertiary/aromatic N) is 4. The molecule has 0 aliphatic heterocycles. The summed E-state index contributed by atoms with van der Waals surface area (Å²) in [6.07, 6.45) is 0. The summed E-state index contributed by atoms with van der Waals surface area (Å²) in [7, 11) is 0. The molecule has 0 bridgehead atoms. The van der Waals surface area contributed by atoms with Crippen LogP contribution >= 0.6 is 0 Å². The van der Waals surface area contributed by atoms with E-state index in [1.807, 2.05) is 12.1 Å². The Morgan fingerprint density at radius 2 is 0.596 bits per heavy atom. The fourth-order valence-electron chi connectivity index (χ4n) is 23.4. The lowest BCUT2D eigenvalue weighted by Crippen LogP contribution is -2.26. The molecule has 27 aromatic rings. The molecule has 136 heavy (non-hydrogen) atoms. The molecule has 5 aromatic heterocycles. The van der Waals surface area contributed by atoms with E-state index in [2.05, 4.69) is 480 Å². The molecular weight excluding hydrogens is 1650 g/mol. The minimum Gasteiger partial charge on any atom is -0.456 e. The first-order valence-electron chi connectivity index (χ1n) is 46.7. The van der Waals surface area contributed by atoms with E-state index in [0.29, 0.717) is 0 Å². The summed E-state index contributed by atoms with van der Waals surface area (Å²) in [5.41, 5.74) is 38.2. The molecule has 22 aromatic carbocycles. The Morgan fingerprint density at radius 3 is 1.23 bits per heavy atom. The Balaban J connectivity index is 0.565. The highest BCUT2D eigenvalue weighted by Gasteiger charge is 2.52. The second-order valence-corrected chi connectivity index (χ2v) is 36.4. The van der Waals surface area contributed by atoms with E-state index >= 15 is 0 Å². The van der Waals surface area contributed by atoms with Crippen LogP contribution in [0, 0.1) is 0 Å². The number of aromatic nitrogens is 2. The van der Waals surface area contributed by atoms with Gasteiger partial charge in [0.25, 0.3) is 0 Å². The number of hydrogen-bond donors (Lipinski definition) is 0. The molecule has 0 saturated carbocycles. The topological polar surface area (TPSA) is 55.8 Å². The molecule has 2 aliphatic rings. The fraction of sp³-hybridized carbons (Fsp3) is 0.00775. The molecule has 7 heteroatoms. The van der Waals surface area contributed by atoms with Crippen LogP contribution in [-0.2, 0) is 5.41 Å². The van der Waals surface area contributed by atoms with Crippen LogP contribution in [0.1, 0.15) is 22.3 Å². The van der Waals surface area contributed by atoms with E-state index in [9.17, 15) is 0 Å². The molecule has 29 rings (SSSR count). The molecule has 0 fully saturated rings. The van der Waals surface area contributed by atoms with Gasteiger partial charge < -0.3 is 32.2 Å². The lowest BCUT2D eigenvalue weighted by molar-refractivity contribution is 0.669. The van der Waals surface area contributed by atoms with Crippen molar-refractivity contribution in [3.8, 4) is 89.3 Å². The SMILES string of the molecule is c1cc(-c2ccc(N(c3ccc4c(c3)C3(c5ccccc5-c5ccccc53)c3ccccc3-4)c3ccccc3-c3cccc4c3oc3c(-c5ccc6c(c5)c5ccccc5n6-c5ccc(N(c6ccc(-c7ccc8oc9ccccc9c8c7)cc6)c6ccccc6-c6cccc7c6oc6cc8ccccc8cc67)cc5)c5ccccc5cc34)cc2)cc(-n2c3ccccc3c3ccccc32)c1. The maximum absolute atomic E-state index is 7.81. The number of fused-ring (bicyclic) bond motifs is 27. The third kappa shape index (κ3) is 11.2. The summed E-state index contributed by atoms with van der Waals surface area (Å²) in [4.78, 5) is 4.89. The van der Waals surface area contributed by atoms with E-state index in [-0.39, 0.29) is 0 Å². The second kappa shape index (κ2) is 29.5. The molecule has 2 aliphatic carbocycles. The van der Waals surface area contributed by atoms with Crippen LogP contribution in [0.4, 0.5) is 34.1 Å². The van der Waals surface area contributed by atoms with Gasteiger partial charge in [-0.25, -0.2) is 0 Å². The van der Waals surface area contributed by atoms with Crippen LogP contribution in [0.2, 0.25) is 0 Å². The Kier molecular flexibility index (Phi) is 16.4. The van der Waals surface area contributed by atoms with Gasteiger partial charge in [-0.1, -0.05) is 322 Å². The summed E-state index contributed by atoms with van der Waals surface area (Å²) >= 11 is 0. The van der Waals surface area contributed by atoms with E-state index in [1.165, 1.54) is 71.7 Å². The van der Waals surface area contributed by atoms with Crippen molar-refractivity contribution in [3.05, 3.63) is 495 Å². The van der Waals surface area contributed by atoms with Crippen LogP contribution in [0.25, 0.3) is 220 Å². The zero-order valence-corrected chi connectivity index (χ0v) is 73.5. The first-order valence-corrected chi connectivity index (χ1v) is 46.7. The van der Waals surface area contributed by atoms with Crippen LogP contribution in [0.15, 0.2) is 486 Å². The maximum atomic E-state index is 7.81. The minimum absolute atomic E-state index is 0.570. The van der Waals surface area contributed by atoms with Crippen molar-refractivity contribution in [3.63, 3.8) is 0 Å². The molecule has 0 radical (unpaired) electrons. The number of hydrogen-bond acceptors (Lipinski definition) is 5. The Hall–Kier alpha value is -18.0. The average molecular weight is 1730 g/mol. The van der Waals surface area contributed by atoms with Crippen LogP contribution < -0.4 is 9.80 Å².